The first kappa shape index (κ1) is 14.0. The lowest BCUT2D eigenvalue weighted by Crippen LogP contribution is -2.18. The van der Waals surface area contributed by atoms with Gasteiger partial charge < -0.3 is 11.1 Å². The molecule has 0 spiro atoms. The molecule has 0 amide bonds. The molecule has 0 aliphatic heterocycles. The number of anilines is 2. The summed E-state index contributed by atoms with van der Waals surface area (Å²) < 4.78 is 38.7. The molecule has 0 atom stereocenters. The van der Waals surface area contributed by atoms with E-state index >= 15 is 0 Å². The summed E-state index contributed by atoms with van der Waals surface area (Å²) in [6.45, 7) is 2.71. The Bertz CT molecular complexity index is 450. The highest BCUT2D eigenvalue weighted by Crippen LogP contribution is 2.50. The quantitative estimate of drug-likeness (QED) is 0.785. The normalized spacial score (nSPS) is 17.3. The van der Waals surface area contributed by atoms with Crippen molar-refractivity contribution >= 4 is 11.4 Å². The molecule has 5 heteroatoms. The highest BCUT2D eigenvalue weighted by atomic mass is 19.4. The van der Waals surface area contributed by atoms with Crippen LogP contribution < -0.4 is 11.1 Å². The Hall–Kier alpha value is -1.39. The molecule has 0 heterocycles. The largest absolute Gasteiger partial charge is 0.418 e. The number of nitrogens with one attached hydrogen (secondary N) is 1. The van der Waals surface area contributed by atoms with Gasteiger partial charge in [-0.25, -0.2) is 0 Å². The van der Waals surface area contributed by atoms with Crippen molar-refractivity contribution in [3.8, 4) is 0 Å². The molecular weight excluding hydrogens is 253 g/mol. The summed E-state index contributed by atoms with van der Waals surface area (Å²) in [5, 5.41) is 2.96. The van der Waals surface area contributed by atoms with Gasteiger partial charge in [0.2, 0.25) is 0 Å². The van der Waals surface area contributed by atoms with Gasteiger partial charge in [-0.2, -0.15) is 13.2 Å². The summed E-state index contributed by atoms with van der Waals surface area (Å²) in [6, 6.07) is 3.90. The van der Waals surface area contributed by atoms with Crippen LogP contribution in [0.1, 0.15) is 38.2 Å². The van der Waals surface area contributed by atoms with Gasteiger partial charge >= 0.3 is 6.18 Å². The Labute approximate surface area is 111 Å². The molecular formula is C14H19F3N2. The second kappa shape index (κ2) is 4.94. The van der Waals surface area contributed by atoms with Gasteiger partial charge in [0.1, 0.15) is 0 Å². The standard InChI is InChI=1S/C14H19F3N2/c1-2-5-13(6-7-13)9-19-12-4-3-10(18)8-11(12)14(15,16)17/h3-4,8,19H,2,5-7,9,18H2,1H3. The smallest absolute Gasteiger partial charge is 0.399 e. The van der Waals surface area contributed by atoms with Gasteiger partial charge in [-0.05, 0) is 42.9 Å². The van der Waals surface area contributed by atoms with Crippen LogP contribution in [0.5, 0.6) is 0 Å². The molecule has 106 valence electrons. The number of hydrogen-bond acceptors (Lipinski definition) is 2. The van der Waals surface area contributed by atoms with E-state index < -0.39 is 11.7 Å². The monoisotopic (exact) mass is 272 g/mol. The maximum Gasteiger partial charge on any atom is 0.418 e. The Morgan fingerprint density at radius 3 is 2.53 bits per heavy atom. The molecule has 0 bridgehead atoms. The molecule has 19 heavy (non-hydrogen) atoms. The maximum absolute atomic E-state index is 12.9. The third-order valence-electron chi connectivity index (χ3n) is 3.74. The maximum atomic E-state index is 12.9. The van der Waals surface area contributed by atoms with E-state index in [0.717, 1.165) is 31.7 Å². The second-order valence-electron chi connectivity index (χ2n) is 5.41. The van der Waals surface area contributed by atoms with Gasteiger partial charge in [-0.3, -0.25) is 0 Å². The van der Waals surface area contributed by atoms with Gasteiger partial charge in [0.05, 0.1) is 5.56 Å². The predicted octanol–water partition coefficient (Wildman–Crippen LogP) is 4.28. The van der Waals surface area contributed by atoms with Gasteiger partial charge in [-0.15, -0.1) is 0 Å². The molecule has 1 aliphatic rings. The van der Waals surface area contributed by atoms with Gasteiger partial charge in [0, 0.05) is 17.9 Å². The first-order valence-electron chi connectivity index (χ1n) is 6.57. The molecule has 1 aromatic carbocycles. The van der Waals surface area contributed by atoms with Crippen molar-refractivity contribution in [2.24, 2.45) is 5.41 Å². The zero-order valence-electron chi connectivity index (χ0n) is 11.0. The van der Waals surface area contributed by atoms with E-state index in [2.05, 4.69) is 12.2 Å². The van der Waals surface area contributed by atoms with E-state index in [1.54, 1.807) is 0 Å². The fourth-order valence-electron chi connectivity index (χ4n) is 2.46. The molecule has 3 N–H and O–H groups in total. The lowest BCUT2D eigenvalue weighted by Gasteiger charge is -2.19. The van der Waals surface area contributed by atoms with E-state index in [1.807, 2.05) is 0 Å². The topological polar surface area (TPSA) is 38.0 Å². The Morgan fingerprint density at radius 2 is 2.00 bits per heavy atom. The van der Waals surface area contributed by atoms with Crippen molar-refractivity contribution in [3.05, 3.63) is 23.8 Å². The van der Waals surface area contributed by atoms with E-state index in [1.165, 1.54) is 12.1 Å². The van der Waals surface area contributed by atoms with E-state index in [-0.39, 0.29) is 16.8 Å². The Balaban J connectivity index is 2.12. The minimum atomic E-state index is -4.38. The van der Waals surface area contributed by atoms with Crippen LogP contribution in [0.2, 0.25) is 0 Å². The average molecular weight is 272 g/mol. The molecule has 2 nitrogen and oxygen atoms in total. The van der Waals surface area contributed by atoms with Gasteiger partial charge in [-0.1, -0.05) is 13.3 Å². The van der Waals surface area contributed by atoms with Crippen LogP contribution in [0.4, 0.5) is 24.5 Å². The SMILES string of the molecule is CCCC1(CNc2ccc(N)cc2C(F)(F)F)CC1. The minimum absolute atomic E-state index is 0.129. The molecule has 1 aliphatic carbocycles. The Kier molecular flexibility index (Phi) is 3.65. The highest BCUT2D eigenvalue weighted by molar-refractivity contribution is 5.59. The number of nitrogens with two attached hydrogens (primary N) is 1. The van der Waals surface area contributed by atoms with Crippen LogP contribution in [0.15, 0.2) is 18.2 Å². The number of halogens is 3. The average Bonchev–Trinajstić information content (AvgIpc) is 3.07. The molecule has 1 fully saturated rings. The first-order chi connectivity index (χ1) is 8.86. The zero-order chi connectivity index (χ0) is 14.1. The molecule has 1 aromatic rings. The number of alkyl halides is 3. The number of hydrogen-bond donors (Lipinski definition) is 2. The van der Waals surface area contributed by atoms with Crippen molar-refractivity contribution in [1.82, 2.24) is 0 Å². The highest BCUT2D eigenvalue weighted by Gasteiger charge is 2.42. The second-order valence-corrected chi connectivity index (χ2v) is 5.41. The van der Waals surface area contributed by atoms with Crippen LogP contribution in [0.25, 0.3) is 0 Å². The van der Waals surface area contributed by atoms with Crippen LogP contribution in [0, 0.1) is 5.41 Å². The van der Waals surface area contributed by atoms with Crippen LogP contribution >= 0.6 is 0 Å². The molecule has 2 rings (SSSR count). The number of rotatable bonds is 5. The van der Waals surface area contributed by atoms with Crippen molar-refractivity contribution in [3.63, 3.8) is 0 Å². The summed E-state index contributed by atoms with van der Waals surface area (Å²) >= 11 is 0. The van der Waals surface area contributed by atoms with E-state index in [0.29, 0.717) is 6.54 Å². The fourth-order valence-corrected chi connectivity index (χ4v) is 2.46. The molecule has 1 saturated carbocycles. The fraction of sp³-hybridized carbons (Fsp3) is 0.571. The third kappa shape index (κ3) is 3.33. The van der Waals surface area contributed by atoms with Crippen molar-refractivity contribution in [2.45, 2.75) is 38.8 Å². The predicted molar refractivity (Wildman–Crippen MR) is 70.9 cm³/mol. The van der Waals surface area contributed by atoms with Gasteiger partial charge in [0.25, 0.3) is 0 Å². The minimum Gasteiger partial charge on any atom is -0.399 e. The summed E-state index contributed by atoms with van der Waals surface area (Å²) in [5.74, 6) is 0. The number of benzene rings is 1. The van der Waals surface area contributed by atoms with Crippen molar-refractivity contribution < 1.29 is 13.2 Å². The zero-order valence-corrected chi connectivity index (χ0v) is 11.0. The summed E-state index contributed by atoms with van der Waals surface area (Å²) in [6.07, 6.45) is -0.0423. The first-order valence-corrected chi connectivity index (χ1v) is 6.57. The van der Waals surface area contributed by atoms with Crippen molar-refractivity contribution in [2.75, 3.05) is 17.6 Å². The van der Waals surface area contributed by atoms with Crippen LogP contribution in [-0.2, 0) is 6.18 Å². The summed E-state index contributed by atoms with van der Waals surface area (Å²) in [7, 11) is 0. The molecule has 0 unspecified atom stereocenters. The van der Waals surface area contributed by atoms with E-state index in [9.17, 15) is 13.2 Å². The molecule has 0 aromatic heterocycles. The lowest BCUT2D eigenvalue weighted by molar-refractivity contribution is -0.136. The van der Waals surface area contributed by atoms with Crippen LogP contribution in [-0.4, -0.2) is 6.54 Å². The van der Waals surface area contributed by atoms with Gasteiger partial charge in [0.15, 0.2) is 0 Å². The number of nitrogen functional groups attached to an aromatic ring is 1. The Morgan fingerprint density at radius 1 is 1.32 bits per heavy atom. The molecule has 0 radical (unpaired) electrons. The lowest BCUT2D eigenvalue weighted by atomic mass is 10.0. The summed E-state index contributed by atoms with van der Waals surface area (Å²) in [5.41, 5.74) is 5.23. The third-order valence-corrected chi connectivity index (χ3v) is 3.74. The van der Waals surface area contributed by atoms with Crippen molar-refractivity contribution in [1.29, 1.82) is 0 Å². The van der Waals surface area contributed by atoms with E-state index in [4.69, 9.17) is 5.73 Å². The molecule has 0 saturated heterocycles. The van der Waals surface area contributed by atoms with Crippen LogP contribution in [0.3, 0.4) is 0 Å². The summed E-state index contributed by atoms with van der Waals surface area (Å²) in [4.78, 5) is 0.